The van der Waals surface area contributed by atoms with Crippen LogP contribution >= 0.6 is 34.5 Å². The van der Waals surface area contributed by atoms with Crippen LogP contribution < -0.4 is 10.5 Å². The van der Waals surface area contributed by atoms with Crippen molar-refractivity contribution in [1.82, 2.24) is 9.80 Å². The number of piperidine rings is 2. The fourth-order valence-electron chi connectivity index (χ4n) is 5.79. The van der Waals surface area contributed by atoms with Gasteiger partial charge in [-0.3, -0.25) is 14.5 Å². The second-order valence-electron chi connectivity index (χ2n) is 11.0. The van der Waals surface area contributed by atoms with Crippen molar-refractivity contribution < 1.29 is 28.2 Å². The summed E-state index contributed by atoms with van der Waals surface area (Å²) in [4.78, 5) is 31.3. The zero-order chi connectivity index (χ0) is 30.8. The minimum Gasteiger partial charge on any atom is -0.494 e. The number of nitrogens with zero attached hydrogens (tertiary/aromatic N) is 2. The number of aliphatic hydroxyl groups excluding tert-OH is 1. The van der Waals surface area contributed by atoms with Crippen LogP contribution in [0.15, 0.2) is 48.5 Å². The molecule has 12 heteroatoms. The van der Waals surface area contributed by atoms with E-state index in [4.69, 9.17) is 38.8 Å². The molecule has 2 aliphatic rings. The Morgan fingerprint density at radius 1 is 0.953 bits per heavy atom. The highest BCUT2D eigenvalue weighted by atomic mass is 35.5. The van der Waals surface area contributed by atoms with Gasteiger partial charge in [-0.25, -0.2) is 8.78 Å². The van der Waals surface area contributed by atoms with Gasteiger partial charge in [-0.15, -0.1) is 11.3 Å². The molecule has 1 aromatic heterocycles. The highest BCUT2D eigenvalue weighted by molar-refractivity contribution is 7.18. The van der Waals surface area contributed by atoms with Crippen LogP contribution in [0.1, 0.15) is 41.8 Å². The Balaban J connectivity index is 1.40. The van der Waals surface area contributed by atoms with Crippen LogP contribution in [-0.4, -0.2) is 77.6 Å². The predicted octanol–water partition coefficient (Wildman–Crippen LogP) is 6.34. The number of aliphatic hydroxyl groups is 1. The fraction of sp³-hybridized carbons (Fsp3) is 0.419. The van der Waals surface area contributed by atoms with Crippen molar-refractivity contribution >= 4 is 46.4 Å². The lowest BCUT2D eigenvalue weighted by molar-refractivity contribution is -0.140. The lowest BCUT2D eigenvalue weighted by atomic mass is 9.83. The highest BCUT2D eigenvalue weighted by Crippen LogP contribution is 2.44. The van der Waals surface area contributed by atoms with Crippen molar-refractivity contribution in [3.8, 4) is 27.3 Å². The number of ether oxygens (including phenoxy) is 1. The minimum atomic E-state index is -2.74. The van der Waals surface area contributed by atoms with Gasteiger partial charge in [0.1, 0.15) is 11.3 Å². The first kappa shape index (κ1) is 31.7. The number of alkyl halides is 2. The lowest BCUT2D eigenvalue weighted by Gasteiger charge is -2.48. The van der Waals surface area contributed by atoms with Gasteiger partial charge in [-0.05, 0) is 60.9 Å². The minimum absolute atomic E-state index is 0.0486. The zero-order valence-electron chi connectivity index (χ0n) is 23.5. The van der Waals surface area contributed by atoms with Crippen LogP contribution in [-0.2, 0) is 4.79 Å². The molecule has 2 aliphatic heterocycles. The van der Waals surface area contributed by atoms with Gasteiger partial charge in [-0.1, -0.05) is 29.3 Å². The van der Waals surface area contributed by atoms with Crippen LogP contribution in [0.5, 0.6) is 5.75 Å². The van der Waals surface area contributed by atoms with Crippen molar-refractivity contribution in [3.05, 3.63) is 63.5 Å². The van der Waals surface area contributed by atoms with Crippen molar-refractivity contribution in [2.24, 2.45) is 5.73 Å². The van der Waals surface area contributed by atoms with Gasteiger partial charge in [0.15, 0.2) is 0 Å². The molecule has 2 saturated heterocycles. The van der Waals surface area contributed by atoms with E-state index in [2.05, 4.69) is 0 Å². The Morgan fingerprint density at radius 2 is 1.63 bits per heavy atom. The number of benzene rings is 2. The normalized spacial score (nSPS) is 18.4. The van der Waals surface area contributed by atoms with E-state index in [-0.39, 0.29) is 64.4 Å². The smallest absolute Gasteiger partial charge is 0.263 e. The largest absolute Gasteiger partial charge is 0.494 e. The number of hydrogen-bond acceptors (Lipinski definition) is 6. The summed E-state index contributed by atoms with van der Waals surface area (Å²) in [7, 11) is 0. The summed E-state index contributed by atoms with van der Waals surface area (Å²) in [5.41, 5.74) is 7.18. The number of thiophene rings is 1. The van der Waals surface area contributed by atoms with E-state index in [0.29, 0.717) is 33.7 Å². The van der Waals surface area contributed by atoms with E-state index >= 15 is 0 Å². The standard InChI is InChI=1S/C31H33Cl2F2N3O4S/c32-21-4-7-23(25(33)18-21)24-19-26(43-27(24)20-2-5-22(6-3-20)42-17-1-16-39)28(40)37-12-8-30(9-13-37,29(36)41)38-14-10-31(34,35)11-15-38/h2-7,18-19,39H,1,8-17H2,(H2,36,41). The average Bonchev–Trinajstić information content (AvgIpc) is 3.42. The van der Waals surface area contributed by atoms with Crippen molar-refractivity contribution in [3.63, 3.8) is 0 Å². The molecule has 0 aliphatic carbocycles. The maximum Gasteiger partial charge on any atom is 0.263 e. The van der Waals surface area contributed by atoms with Gasteiger partial charge in [0.2, 0.25) is 5.91 Å². The summed E-state index contributed by atoms with van der Waals surface area (Å²) in [5.74, 6) is -2.79. The Hall–Kier alpha value is -2.76. The van der Waals surface area contributed by atoms with Gasteiger partial charge >= 0.3 is 0 Å². The number of halogens is 4. The van der Waals surface area contributed by atoms with Crippen molar-refractivity contribution in [1.29, 1.82) is 0 Å². The average molecular weight is 653 g/mol. The van der Waals surface area contributed by atoms with Gasteiger partial charge < -0.3 is 20.5 Å². The van der Waals surface area contributed by atoms with Gasteiger partial charge in [-0.2, -0.15) is 0 Å². The van der Waals surface area contributed by atoms with Gasteiger partial charge in [0.05, 0.1) is 11.5 Å². The Morgan fingerprint density at radius 3 is 2.23 bits per heavy atom. The number of carbonyl (C=O) groups is 2. The molecule has 230 valence electrons. The van der Waals surface area contributed by atoms with Crippen molar-refractivity contribution in [2.75, 3.05) is 39.4 Å². The van der Waals surface area contributed by atoms with E-state index in [1.54, 1.807) is 21.9 Å². The molecule has 0 saturated carbocycles. The topological polar surface area (TPSA) is 96.1 Å². The first-order valence-electron chi connectivity index (χ1n) is 14.2. The first-order chi connectivity index (χ1) is 20.5. The third-order valence-electron chi connectivity index (χ3n) is 8.29. The molecule has 2 amide bonds. The number of primary amides is 1. The Kier molecular flexibility index (Phi) is 9.63. The van der Waals surface area contributed by atoms with E-state index in [9.17, 15) is 18.4 Å². The molecule has 3 aromatic rings. The number of likely N-dealkylation sites (tertiary alicyclic amines) is 2. The van der Waals surface area contributed by atoms with E-state index in [0.717, 1.165) is 21.6 Å². The van der Waals surface area contributed by atoms with E-state index < -0.39 is 17.4 Å². The summed E-state index contributed by atoms with van der Waals surface area (Å²) >= 11 is 14.1. The van der Waals surface area contributed by atoms with Crippen LogP contribution in [0, 0.1) is 0 Å². The quantitative estimate of drug-likeness (QED) is 0.263. The Bertz CT molecular complexity index is 1470. The molecular weight excluding hydrogens is 619 g/mol. The number of amides is 2. The number of rotatable bonds is 9. The van der Waals surface area contributed by atoms with Crippen LogP contribution in [0.2, 0.25) is 10.0 Å². The molecule has 2 fully saturated rings. The summed E-state index contributed by atoms with van der Waals surface area (Å²) < 4.78 is 33.3. The van der Waals surface area contributed by atoms with Gasteiger partial charge in [0, 0.05) is 78.1 Å². The fourth-order valence-corrected chi connectivity index (χ4v) is 7.45. The monoisotopic (exact) mass is 651 g/mol. The molecular formula is C31H33Cl2F2N3O4S. The molecule has 2 aromatic carbocycles. The molecule has 3 heterocycles. The molecule has 3 N–H and O–H groups in total. The number of carbonyl (C=O) groups excluding carboxylic acids is 2. The van der Waals surface area contributed by atoms with Crippen LogP contribution in [0.3, 0.4) is 0 Å². The zero-order valence-corrected chi connectivity index (χ0v) is 25.8. The molecule has 0 atom stereocenters. The maximum absolute atomic E-state index is 13.8. The van der Waals surface area contributed by atoms with Crippen molar-refractivity contribution in [2.45, 2.75) is 43.6 Å². The third kappa shape index (κ3) is 6.83. The van der Waals surface area contributed by atoms with E-state index in [1.807, 2.05) is 36.4 Å². The first-order valence-corrected chi connectivity index (χ1v) is 15.8. The third-order valence-corrected chi connectivity index (χ3v) is 10.0. The molecule has 0 radical (unpaired) electrons. The van der Waals surface area contributed by atoms with Crippen LogP contribution in [0.25, 0.3) is 21.6 Å². The molecule has 7 nitrogen and oxygen atoms in total. The second kappa shape index (κ2) is 13.1. The summed E-state index contributed by atoms with van der Waals surface area (Å²) in [6.45, 7) is 1.18. The number of nitrogens with two attached hydrogens (primary N) is 1. The summed E-state index contributed by atoms with van der Waals surface area (Å²) in [6, 6.07) is 14.5. The van der Waals surface area contributed by atoms with Gasteiger partial charge in [0.25, 0.3) is 11.8 Å². The lowest BCUT2D eigenvalue weighted by Crippen LogP contribution is -2.64. The molecule has 0 unspecified atom stereocenters. The van der Waals surface area contributed by atoms with Crippen LogP contribution in [0.4, 0.5) is 8.78 Å². The summed E-state index contributed by atoms with van der Waals surface area (Å²) in [5, 5.41) is 9.95. The van der Waals surface area contributed by atoms with E-state index in [1.165, 1.54) is 11.3 Å². The Labute approximate surface area is 263 Å². The molecule has 0 spiro atoms. The molecule has 43 heavy (non-hydrogen) atoms. The molecule has 5 rings (SSSR count). The number of hydrogen-bond donors (Lipinski definition) is 2. The SMILES string of the molecule is NC(=O)C1(N2CCC(F)(F)CC2)CCN(C(=O)c2cc(-c3ccc(Cl)cc3Cl)c(-c3ccc(OCCCO)cc3)s2)CC1. The highest BCUT2D eigenvalue weighted by Gasteiger charge is 2.49. The molecule has 0 bridgehead atoms. The summed E-state index contributed by atoms with van der Waals surface area (Å²) in [6.07, 6.45) is 0.474. The maximum atomic E-state index is 13.8. The predicted molar refractivity (Wildman–Crippen MR) is 165 cm³/mol. The second-order valence-corrected chi connectivity index (χ2v) is 12.9.